The molecule has 5 heteroatoms. The van der Waals surface area contributed by atoms with Gasteiger partial charge in [-0.2, -0.15) is 0 Å². The number of aromatic amines is 1. The summed E-state index contributed by atoms with van der Waals surface area (Å²) in [5.74, 6) is 1.25. The van der Waals surface area contributed by atoms with Crippen LogP contribution in [0.3, 0.4) is 0 Å². The van der Waals surface area contributed by atoms with E-state index in [1.165, 1.54) is 0 Å². The molecule has 4 nitrogen and oxygen atoms in total. The first-order valence-corrected chi connectivity index (χ1v) is 6.32. The van der Waals surface area contributed by atoms with E-state index in [-0.39, 0.29) is 0 Å². The Hall–Kier alpha value is -1.33. The van der Waals surface area contributed by atoms with E-state index in [1.54, 1.807) is 14.2 Å². The number of benzene rings is 1. The maximum atomic E-state index is 5.36. The van der Waals surface area contributed by atoms with Crippen LogP contribution in [0.4, 0.5) is 0 Å². The van der Waals surface area contributed by atoms with E-state index in [2.05, 4.69) is 16.5 Å². The summed E-state index contributed by atoms with van der Waals surface area (Å²) in [6.07, 6.45) is 0. The summed E-state index contributed by atoms with van der Waals surface area (Å²) >= 11 is 5.36. The Bertz CT molecular complexity index is 588. The van der Waals surface area contributed by atoms with Crippen molar-refractivity contribution in [1.82, 2.24) is 9.55 Å². The number of nitrogens with one attached hydrogen (secondary N) is 1. The van der Waals surface area contributed by atoms with Crippen molar-refractivity contribution in [2.45, 2.75) is 13.5 Å². The van der Waals surface area contributed by atoms with Gasteiger partial charge in [0.25, 0.3) is 0 Å². The third-order valence-electron chi connectivity index (χ3n) is 2.93. The number of nitrogens with zero attached hydrogens (tertiary/aromatic N) is 1. The Morgan fingerprint density at radius 3 is 2.83 bits per heavy atom. The van der Waals surface area contributed by atoms with Crippen molar-refractivity contribution in [3.8, 4) is 5.75 Å². The Labute approximate surface area is 112 Å². The van der Waals surface area contributed by atoms with Gasteiger partial charge >= 0.3 is 0 Å². The Kier molecular flexibility index (Phi) is 4.04. The molecule has 1 aromatic carbocycles. The van der Waals surface area contributed by atoms with Gasteiger partial charge in [0, 0.05) is 19.7 Å². The quantitative estimate of drug-likeness (QED) is 0.846. The maximum absolute atomic E-state index is 5.36. The number of ether oxygens (including phenoxy) is 2. The third-order valence-corrected chi connectivity index (χ3v) is 3.25. The molecule has 0 saturated carbocycles. The molecule has 1 aromatic heterocycles. The number of imidazole rings is 1. The minimum Gasteiger partial charge on any atom is -0.497 e. The molecule has 0 aliphatic carbocycles. The predicted molar refractivity (Wildman–Crippen MR) is 74.7 cm³/mol. The molecule has 0 amide bonds. The van der Waals surface area contributed by atoms with Crippen LogP contribution in [0.2, 0.25) is 0 Å². The molecule has 1 N–H and O–H groups in total. The molecule has 0 aliphatic heterocycles. The Balaban J connectivity index is 2.38. The Morgan fingerprint density at radius 2 is 2.17 bits per heavy atom. The highest BCUT2D eigenvalue weighted by Crippen LogP contribution is 2.21. The molecule has 1 atom stereocenters. The fourth-order valence-electron chi connectivity index (χ4n) is 2.10. The number of methoxy groups -OCH3 is 2. The molecule has 1 unspecified atom stereocenters. The fraction of sp³-hybridized carbons (Fsp3) is 0.462. The molecule has 0 bridgehead atoms. The Morgan fingerprint density at radius 1 is 1.39 bits per heavy atom. The van der Waals surface area contributed by atoms with E-state index in [1.807, 2.05) is 18.2 Å². The standard InChI is InChI=1S/C13H18N2O2S/c1-9(8-16-2)7-15-12-5-4-10(17-3)6-11(12)14-13(15)18/h4-6,9H,7-8H2,1-3H3,(H,14,18). The van der Waals surface area contributed by atoms with Gasteiger partial charge in [0.05, 0.1) is 24.8 Å². The van der Waals surface area contributed by atoms with E-state index < -0.39 is 0 Å². The second kappa shape index (κ2) is 5.54. The summed E-state index contributed by atoms with van der Waals surface area (Å²) in [6, 6.07) is 5.94. The molecule has 0 aliphatic rings. The van der Waals surface area contributed by atoms with Crippen molar-refractivity contribution in [2.24, 2.45) is 5.92 Å². The van der Waals surface area contributed by atoms with Crippen LogP contribution >= 0.6 is 12.2 Å². The average Bonchev–Trinajstić information content (AvgIpc) is 2.65. The molecule has 0 radical (unpaired) electrons. The summed E-state index contributed by atoms with van der Waals surface area (Å²) in [6.45, 7) is 3.72. The lowest BCUT2D eigenvalue weighted by Gasteiger charge is -2.11. The number of fused-ring (bicyclic) bond motifs is 1. The van der Waals surface area contributed by atoms with Crippen molar-refractivity contribution in [2.75, 3.05) is 20.8 Å². The maximum Gasteiger partial charge on any atom is 0.178 e. The predicted octanol–water partition coefficient (Wildman–Crippen LogP) is 2.99. The van der Waals surface area contributed by atoms with Crippen molar-refractivity contribution < 1.29 is 9.47 Å². The SMILES string of the molecule is COCC(C)Cn1c(=S)[nH]c2cc(OC)ccc21. The van der Waals surface area contributed by atoms with Gasteiger partial charge < -0.3 is 19.0 Å². The van der Waals surface area contributed by atoms with Crippen LogP contribution in [0.1, 0.15) is 6.92 Å². The lowest BCUT2D eigenvalue weighted by atomic mass is 10.2. The molecule has 0 spiro atoms. The second-order valence-corrected chi connectivity index (χ2v) is 4.87. The van der Waals surface area contributed by atoms with Crippen LogP contribution in [-0.4, -0.2) is 30.4 Å². The number of hydrogen-bond acceptors (Lipinski definition) is 3. The molecular weight excluding hydrogens is 248 g/mol. The minimum atomic E-state index is 0.419. The molecule has 2 aromatic rings. The second-order valence-electron chi connectivity index (χ2n) is 4.48. The lowest BCUT2D eigenvalue weighted by molar-refractivity contribution is 0.152. The highest BCUT2D eigenvalue weighted by molar-refractivity contribution is 7.71. The van der Waals surface area contributed by atoms with Gasteiger partial charge in [0.1, 0.15) is 5.75 Å². The molecule has 0 saturated heterocycles. The zero-order chi connectivity index (χ0) is 13.1. The molecule has 0 fully saturated rings. The molecule has 98 valence electrons. The number of H-pyrrole nitrogens is 1. The largest absolute Gasteiger partial charge is 0.497 e. The van der Waals surface area contributed by atoms with Crippen molar-refractivity contribution >= 4 is 23.3 Å². The van der Waals surface area contributed by atoms with E-state index in [9.17, 15) is 0 Å². The third kappa shape index (κ3) is 2.57. The first kappa shape index (κ1) is 13.1. The first-order valence-electron chi connectivity index (χ1n) is 5.91. The molecule has 2 rings (SSSR count). The highest BCUT2D eigenvalue weighted by atomic mass is 32.1. The van der Waals surface area contributed by atoms with Crippen LogP contribution in [0.5, 0.6) is 5.75 Å². The summed E-state index contributed by atoms with van der Waals surface area (Å²) in [5, 5.41) is 0. The van der Waals surface area contributed by atoms with E-state index >= 15 is 0 Å². The number of rotatable bonds is 5. The minimum absolute atomic E-state index is 0.419. The fourth-order valence-corrected chi connectivity index (χ4v) is 2.38. The molecule has 18 heavy (non-hydrogen) atoms. The van der Waals surface area contributed by atoms with Crippen LogP contribution in [0.15, 0.2) is 18.2 Å². The number of aromatic nitrogens is 2. The van der Waals surface area contributed by atoms with Gasteiger partial charge in [-0.25, -0.2) is 0 Å². The summed E-state index contributed by atoms with van der Waals surface area (Å²) in [4.78, 5) is 3.21. The van der Waals surface area contributed by atoms with Crippen LogP contribution < -0.4 is 4.74 Å². The summed E-state index contributed by atoms with van der Waals surface area (Å²) < 4.78 is 13.2. The van der Waals surface area contributed by atoms with Crippen LogP contribution in [0, 0.1) is 10.7 Å². The number of hydrogen-bond donors (Lipinski definition) is 1. The zero-order valence-corrected chi connectivity index (χ0v) is 11.7. The monoisotopic (exact) mass is 266 g/mol. The molecular formula is C13H18N2O2S. The first-order chi connectivity index (χ1) is 8.65. The van der Waals surface area contributed by atoms with Crippen molar-refractivity contribution in [3.63, 3.8) is 0 Å². The summed E-state index contributed by atoms with van der Waals surface area (Å²) in [5.41, 5.74) is 2.10. The van der Waals surface area contributed by atoms with Gasteiger partial charge in [0.15, 0.2) is 4.77 Å². The summed E-state index contributed by atoms with van der Waals surface area (Å²) in [7, 11) is 3.38. The van der Waals surface area contributed by atoms with E-state index in [0.717, 1.165) is 34.7 Å². The van der Waals surface area contributed by atoms with Gasteiger partial charge in [0.2, 0.25) is 0 Å². The smallest absolute Gasteiger partial charge is 0.178 e. The van der Waals surface area contributed by atoms with Crippen LogP contribution in [0.25, 0.3) is 11.0 Å². The van der Waals surface area contributed by atoms with Gasteiger partial charge in [-0.3, -0.25) is 0 Å². The zero-order valence-electron chi connectivity index (χ0n) is 10.9. The topological polar surface area (TPSA) is 39.2 Å². The van der Waals surface area contributed by atoms with Crippen molar-refractivity contribution in [3.05, 3.63) is 23.0 Å². The molecule has 1 heterocycles. The average molecular weight is 266 g/mol. The van der Waals surface area contributed by atoms with E-state index in [4.69, 9.17) is 21.7 Å². The van der Waals surface area contributed by atoms with Gasteiger partial charge in [-0.1, -0.05) is 6.92 Å². The van der Waals surface area contributed by atoms with E-state index in [0.29, 0.717) is 5.92 Å². The normalized spacial score (nSPS) is 12.8. The van der Waals surface area contributed by atoms with Gasteiger partial charge in [-0.05, 0) is 30.3 Å². The highest BCUT2D eigenvalue weighted by Gasteiger charge is 2.09. The van der Waals surface area contributed by atoms with Crippen LogP contribution in [-0.2, 0) is 11.3 Å². The lowest BCUT2D eigenvalue weighted by Crippen LogP contribution is -2.12. The van der Waals surface area contributed by atoms with Crippen molar-refractivity contribution in [1.29, 1.82) is 0 Å². The van der Waals surface area contributed by atoms with Gasteiger partial charge in [-0.15, -0.1) is 0 Å².